The van der Waals surface area contributed by atoms with Crippen molar-refractivity contribution in [3.63, 3.8) is 0 Å². The van der Waals surface area contributed by atoms with Crippen molar-refractivity contribution in [3.05, 3.63) is 0 Å². The van der Waals surface area contributed by atoms with Gasteiger partial charge >= 0.3 is 12.0 Å². The predicted octanol–water partition coefficient (Wildman–Crippen LogP) is 0.0380. The molecule has 0 amide bonds. The molecule has 1 atom stereocenters. The standard InChI is InChI=1S/C10H17N5O2/c1-16-9-13-8(14-10(15-9)17-2)12-7(5-11)6-3-4-6/h6-7H,3-5,11H2,1-2H3,(H,12,13,14,15). The number of nitrogens with one attached hydrogen (secondary N) is 1. The Labute approximate surface area is 99.8 Å². The molecule has 0 aliphatic heterocycles. The first-order valence-corrected chi connectivity index (χ1v) is 5.57. The van der Waals surface area contributed by atoms with Crippen LogP contribution in [0.25, 0.3) is 0 Å². The molecule has 0 radical (unpaired) electrons. The lowest BCUT2D eigenvalue weighted by atomic mass is 10.2. The van der Waals surface area contributed by atoms with Crippen LogP contribution in [0.15, 0.2) is 0 Å². The van der Waals surface area contributed by atoms with E-state index < -0.39 is 0 Å². The molecule has 7 heteroatoms. The molecule has 3 N–H and O–H groups in total. The van der Waals surface area contributed by atoms with Gasteiger partial charge in [0.2, 0.25) is 5.95 Å². The number of nitrogens with zero attached hydrogens (tertiary/aromatic N) is 3. The highest BCUT2D eigenvalue weighted by atomic mass is 16.5. The Balaban J connectivity index is 2.12. The summed E-state index contributed by atoms with van der Waals surface area (Å²) in [6, 6.07) is 0.656. The summed E-state index contributed by atoms with van der Waals surface area (Å²) in [6.45, 7) is 0.557. The van der Waals surface area contributed by atoms with Crippen LogP contribution in [0.2, 0.25) is 0 Å². The largest absolute Gasteiger partial charge is 0.467 e. The molecule has 0 spiro atoms. The number of aromatic nitrogens is 3. The van der Waals surface area contributed by atoms with E-state index in [-0.39, 0.29) is 18.1 Å². The van der Waals surface area contributed by atoms with Crippen LogP contribution >= 0.6 is 0 Å². The number of hydrogen-bond donors (Lipinski definition) is 2. The molecule has 1 aromatic rings. The molecule has 2 rings (SSSR count). The minimum absolute atomic E-state index is 0.201. The summed E-state index contributed by atoms with van der Waals surface area (Å²) in [5, 5.41) is 3.19. The molecule has 7 nitrogen and oxygen atoms in total. The minimum Gasteiger partial charge on any atom is -0.467 e. The summed E-state index contributed by atoms with van der Waals surface area (Å²) in [4.78, 5) is 12.1. The Hall–Kier alpha value is -1.63. The molecule has 1 saturated carbocycles. The lowest BCUT2D eigenvalue weighted by molar-refractivity contribution is 0.340. The van der Waals surface area contributed by atoms with Crippen LogP contribution in [0.1, 0.15) is 12.8 Å². The van der Waals surface area contributed by atoms with Crippen molar-refractivity contribution in [3.8, 4) is 12.0 Å². The Morgan fingerprint density at radius 1 is 1.24 bits per heavy atom. The zero-order chi connectivity index (χ0) is 12.3. The number of anilines is 1. The van der Waals surface area contributed by atoms with E-state index in [1.165, 1.54) is 27.1 Å². The third-order valence-corrected chi connectivity index (χ3v) is 2.72. The van der Waals surface area contributed by atoms with Crippen LogP contribution in [0.4, 0.5) is 5.95 Å². The van der Waals surface area contributed by atoms with Crippen molar-refractivity contribution in [2.75, 3.05) is 26.1 Å². The Kier molecular flexibility index (Phi) is 3.58. The van der Waals surface area contributed by atoms with Crippen LogP contribution in [-0.4, -0.2) is 41.8 Å². The topological polar surface area (TPSA) is 95.2 Å². The normalized spacial score (nSPS) is 16.4. The van der Waals surface area contributed by atoms with Crippen LogP contribution in [0.3, 0.4) is 0 Å². The third-order valence-electron chi connectivity index (χ3n) is 2.72. The molecular weight excluding hydrogens is 222 g/mol. The maximum atomic E-state index is 5.71. The van der Waals surface area contributed by atoms with Gasteiger partial charge in [-0.05, 0) is 18.8 Å². The van der Waals surface area contributed by atoms with Crippen molar-refractivity contribution in [1.82, 2.24) is 15.0 Å². The van der Waals surface area contributed by atoms with E-state index in [2.05, 4.69) is 20.3 Å². The number of methoxy groups -OCH3 is 2. The van der Waals surface area contributed by atoms with Crippen molar-refractivity contribution >= 4 is 5.95 Å². The van der Waals surface area contributed by atoms with E-state index in [1.807, 2.05) is 0 Å². The second kappa shape index (κ2) is 5.13. The third kappa shape index (κ3) is 2.94. The molecule has 1 aliphatic carbocycles. The van der Waals surface area contributed by atoms with Crippen molar-refractivity contribution in [2.45, 2.75) is 18.9 Å². The van der Waals surface area contributed by atoms with Crippen molar-refractivity contribution in [2.24, 2.45) is 11.7 Å². The van der Waals surface area contributed by atoms with Gasteiger partial charge in [-0.15, -0.1) is 4.98 Å². The van der Waals surface area contributed by atoms with Gasteiger partial charge < -0.3 is 20.5 Å². The molecular formula is C10H17N5O2. The highest BCUT2D eigenvalue weighted by Crippen LogP contribution is 2.33. The smallest absolute Gasteiger partial charge is 0.324 e. The van der Waals surface area contributed by atoms with Gasteiger partial charge in [0.15, 0.2) is 0 Å². The Bertz CT molecular complexity index is 361. The van der Waals surface area contributed by atoms with E-state index in [1.54, 1.807) is 0 Å². The SMILES string of the molecule is COc1nc(NC(CN)C2CC2)nc(OC)n1. The van der Waals surface area contributed by atoms with Gasteiger partial charge in [-0.2, -0.15) is 9.97 Å². The number of hydrogen-bond acceptors (Lipinski definition) is 7. The first-order chi connectivity index (χ1) is 8.26. The first kappa shape index (κ1) is 11.8. The highest BCUT2D eigenvalue weighted by molar-refractivity contribution is 5.30. The minimum atomic E-state index is 0.201. The van der Waals surface area contributed by atoms with Gasteiger partial charge in [0.1, 0.15) is 0 Å². The monoisotopic (exact) mass is 239 g/mol. The van der Waals surface area contributed by atoms with Crippen molar-refractivity contribution in [1.29, 1.82) is 0 Å². The van der Waals surface area contributed by atoms with E-state index in [0.29, 0.717) is 18.4 Å². The second-order valence-electron chi connectivity index (χ2n) is 3.96. The van der Waals surface area contributed by atoms with E-state index >= 15 is 0 Å². The molecule has 94 valence electrons. The zero-order valence-electron chi connectivity index (χ0n) is 10.0. The molecule has 1 fully saturated rings. The van der Waals surface area contributed by atoms with Gasteiger partial charge in [-0.3, -0.25) is 0 Å². The zero-order valence-corrected chi connectivity index (χ0v) is 10.0. The summed E-state index contributed by atoms with van der Waals surface area (Å²) in [5.41, 5.74) is 5.71. The van der Waals surface area contributed by atoms with Gasteiger partial charge in [-0.1, -0.05) is 0 Å². The van der Waals surface area contributed by atoms with Crippen LogP contribution in [0, 0.1) is 5.92 Å². The molecule has 1 heterocycles. The summed E-state index contributed by atoms with van der Waals surface area (Å²) in [5.74, 6) is 1.06. The molecule has 0 saturated heterocycles. The van der Waals surface area contributed by atoms with Gasteiger partial charge in [0.05, 0.1) is 14.2 Å². The molecule has 1 aliphatic rings. The van der Waals surface area contributed by atoms with Crippen LogP contribution in [0.5, 0.6) is 12.0 Å². The highest BCUT2D eigenvalue weighted by Gasteiger charge is 2.30. The first-order valence-electron chi connectivity index (χ1n) is 5.57. The van der Waals surface area contributed by atoms with E-state index in [4.69, 9.17) is 15.2 Å². The second-order valence-corrected chi connectivity index (χ2v) is 3.96. The Morgan fingerprint density at radius 3 is 2.24 bits per heavy atom. The summed E-state index contributed by atoms with van der Waals surface area (Å²) in [6.07, 6.45) is 2.41. The molecule has 1 aromatic heterocycles. The van der Waals surface area contributed by atoms with Crippen LogP contribution < -0.4 is 20.5 Å². The molecule has 17 heavy (non-hydrogen) atoms. The van der Waals surface area contributed by atoms with Gasteiger partial charge in [0, 0.05) is 12.6 Å². The van der Waals surface area contributed by atoms with Crippen LogP contribution in [-0.2, 0) is 0 Å². The van der Waals surface area contributed by atoms with E-state index in [9.17, 15) is 0 Å². The number of rotatable bonds is 6. The fraction of sp³-hybridized carbons (Fsp3) is 0.700. The van der Waals surface area contributed by atoms with Gasteiger partial charge in [-0.25, -0.2) is 0 Å². The maximum Gasteiger partial charge on any atom is 0.324 e. The van der Waals surface area contributed by atoms with E-state index in [0.717, 1.165) is 0 Å². The lowest BCUT2D eigenvalue weighted by Crippen LogP contribution is -2.31. The summed E-state index contributed by atoms with van der Waals surface area (Å²) >= 11 is 0. The fourth-order valence-corrected chi connectivity index (χ4v) is 1.62. The predicted molar refractivity (Wildman–Crippen MR) is 62.1 cm³/mol. The summed E-state index contributed by atoms with van der Waals surface area (Å²) in [7, 11) is 3.00. The number of ether oxygens (including phenoxy) is 2. The Morgan fingerprint density at radius 2 is 1.82 bits per heavy atom. The quantitative estimate of drug-likeness (QED) is 0.723. The van der Waals surface area contributed by atoms with Crippen molar-refractivity contribution < 1.29 is 9.47 Å². The molecule has 0 bridgehead atoms. The fourth-order valence-electron chi connectivity index (χ4n) is 1.62. The average molecular weight is 239 g/mol. The average Bonchev–Trinajstić information content (AvgIpc) is 3.19. The number of nitrogens with two attached hydrogens (primary N) is 1. The maximum absolute atomic E-state index is 5.71. The molecule has 0 aromatic carbocycles. The molecule has 1 unspecified atom stereocenters. The lowest BCUT2D eigenvalue weighted by Gasteiger charge is -2.16. The van der Waals surface area contributed by atoms with Gasteiger partial charge in [0.25, 0.3) is 0 Å². The summed E-state index contributed by atoms with van der Waals surface area (Å²) < 4.78 is 9.95.